The summed E-state index contributed by atoms with van der Waals surface area (Å²) >= 11 is 6.08. The molecule has 0 unspecified atom stereocenters. The Morgan fingerprint density at radius 3 is 2.75 bits per heavy atom. The van der Waals surface area contributed by atoms with Crippen molar-refractivity contribution in [1.82, 2.24) is 0 Å². The molecule has 4 nitrogen and oxygen atoms in total. The van der Waals surface area contributed by atoms with Crippen LogP contribution in [0.15, 0.2) is 51.7 Å². The predicted octanol–water partition coefficient (Wildman–Crippen LogP) is 4.28. The van der Waals surface area contributed by atoms with E-state index >= 15 is 0 Å². The second kappa shape index (κ2) is 7.03. The molecule has 0 saturated heterocycles. The Labute approximate surface area is 142 Å². The largest absolute Gasteiger partial charge is 0.488 e. The van der Waals surface area contributed by atoms with Crippen LogP contribution in [0.3, 0.4) is 0 Å². The second-order valence-electron chi connectivity index (χ2n) is 5.08. The van der Waals surface area contributed by atoms with E-state index in [0.717, 1.165) is 0 Å². The molecule has 0 aliphatic carbocycles. The summed E-state index contributed by atoms with van der Waals surface area (Å²) in [5.74, 6) is -0.203. The molecule has 0 atom stereocenters. The summed E-state index contributed by atoms with van der Waals surface area (Å²) in [4.78, 5) is 12.2. The SMILES string of the molecule is COCCOc1ccc(-c2cc(=O)c3cccc(Cl)c3o2)cc1F. The van der Waals surface area contributed by atoms with Gasteiger partial charge < -0.3 is 13.9 Å². The maximum Gasteiger partial charge on any atom is 0.193 e. The molecular formula is C18H14ClFO4. The van der Waals surface area contributed by atoms with E-state index in [2.05, 4.69) is 0 Å². The summed E-state index contributed by atoms with van der Waals surface area (Å²) in [6, 6.07) is 10.6. The Kier molecular flexibility index (Phi) is 4.83. The maximum atomic E-state index is 14.1. The third-order valence-corrected chi connectivity index (χ3v) is 3.77. The first-order valence-electron chi connectivity index (χ1n) is 7.24. The van der Waals surface area contributed by atoms with E-state index in [4.69, 9.17) is 25.5 Å². The lowest BCUT2D eigenvalue weighted by atomic mass is 10.1. The number of hydrogen-bond donors (Lipinski definition) is 0. The van der Waals surface area contributed by atoms with Crippen molar-refractivity contribution in [2.75, 3.05) is 20.3 Å². The van der Waals surface area contributed by atoms with E-state index in [9.17, 15) is 9.18 Å². The predicted molar refractivity (Wildman–Crippen MR) is 90.3 cm³/mol. The summed E-state index contributed by atoms with van der Waals surface area (Å²) in [6.45, 7) is 0.604. The lowest BCUT2D eigenvalue weighted by Crippen LogP contribution is -2.05. The summed E-state index contributed by atoms with van der Waals surface area (Å²) in [5.41, 5.74) is 0.461. The highest BCUT2D eigenvalue weighted by atomic mass is 35.5. The average molecular weight is 349 g/mol. The molecule has 1 heterocycles. The van der Waals surface area contributed by atoms with E-state index in [1.807, 2.05) is 0 Å². The first-order chi connectivity index (χ1) is 11.6. The van der Waals surface area contributed by atoms with Gasteiger partial charge in [0.1, 0.15) is 12.4 Å². The monoisotopic (exact) mass is 348 g/mol. The third-order valence-electron chi connectivity index (χ3n) is 3.47. The van der Waals surface area contributed by atoms with Gasteiger partial charge in [-0.2, -0.15) is 0 Å². The Morgan fingerprint density at radius 2 is 2.00 bits per heavy atom. The second-order valence-corrected chi connectivity index (χ2v) is 5.49. The Bertz CT molecular complexity index is 936. The quantitative estimate of drug-likeness (QED) is 0.646. The summed E-state index contributed by atoms with van der Waals surface area (Å²) in [5, 5.41) is 0.706. The molecule has 3 rings (SSSR count). The van der Waals surface area contributed by atoms with Gasteiger partial charge in [0.05, 0.1) is 17.0 Å². The molecule has 124 valence electrons. The zero-order chi connectivity index (χ0) is 17.1. The molecule has 3 aromatic rings. The molecule has 1 aromatic heterocycles. The van der Waals surface area contributed by atoms with Crippen LogP contribution in [0.1, 0.15) is 0 Å². The van der Waals surface area contributed by atoms with E-state index in [-0.39, 0.29) is 29.1 Å². The number of methoxy groups -OCH3 is 1. The van der Waals surface area contributed by atoms with Gasteiger partial charge in [-0.25, -0.2) is 4.39 Å². The fourth-order valence-corrected chi connectivity index (χ4v) is 2.50. The Balaban J connectivity index is 2.00. The van der Waals surface area contributed by atoms with Crippen LogP contribution in [0.4, 0.5) is 4.39 Å². The van der Waals surface area contributed by atoms with Crippen molar-refractivity contribution in [3.8, 4) is 17.1 Å². The molecule has 0 amide bonds. The normalized spacial score (nSPS) is 11.0. The molecule has 2 aromatic carbocycles. The Morgan fingerprint density at radius 1 is 1.17 bits per heavy atom. The molecule has 0 N–H and O–H groups in total. The Hall–Kier alpha value is -2.37. The molecule has 0 bridgehead atoms. The van der Waals surface area contributed by atoms with Gasteiger partial charge in [-0.1, -0.05) is 17.7 Å². The van der Waals surface area contributed by atoms with Crippen LogP contribution in [-0.4, -0.2) is 20.3 Å². The number of rotatable bonds is 5. The first-order valence-corrected chi connectivity index (χ1v) is 7.62. The number of halogens is 2. The van der Waals surface area contributed by atoms with Crippen molar-refractivity contribution < 1.29 is 18.3 Å². The standard InChI is InChI=1S/C18H14ClFO4/c1-22-7-8-23-16-6-5-11(9-14(16)20)17-10-15(21)12-3-2-4-13(19)18(12)24-17/h2-6,9-10H,7-8H2,1H3. The number of fused-ring (bicyclic) bond motifs is 1. The molecule has 0 aliphatic rings. The summed E-state index contributed by atoms with van der Waals surface area (Å²) in [6.07, 6.45) is 0. The van der Waals surface area contributed by atoms with Gasteiger partial charge in [0.15, 0.2) is 22.6 Å². The van der Waals surface area contributed by atoms with E-state index < -0.39 is 5.82 Å². The molecule has 0 fully saturated rings. The fourth-order valence-electron chi connectivity index (χ4n) is 2.29. The van der Waals surface area contributed by atoms with Crippen molar-refractivity contribution in [2.45, 2.75) is 0 Å². The van der Waals surface area contributed by atoms with E-state index in [1.54, 1.807) is 24.3 Å². The number of benzene rings is 2. The van der Waals surface area contributed by atoms with Crippen LogP contribution in [0.25, 0.3) is 22.3 Å². The minimum Gasteiger partial charge on any atom is -0.488 e. The topological polar surface area (TPSA) is 48.7 Å². The summed E-state index contributed by atoms with van der Waals surface area (Å²) in [7, 11) is 1.54. The van der Waals surface area contributed by atoms with Gasteiger partial charge in [0.2, 0.25) is 0 Å². The third kappa shape index (κ3) is 3.27. The van der Waals surface area contributed by atoms with Gasteiger partial charge >= 0.3 is 0 Å². The van der Waals surface area contributed by atoms with Gasteiger partial charge in [-0.3, -0.25) is 4.79 Å². The van der Waals surface area contributed by atoms with Crippen LogP contribution in [0.5, 0.6) is 5.75 Å². The smallest absolute Gasteiger partial charge is 0.193 e. The average Bonchev–Trinajstić information content (AvgIpc) is 2.57. The van der Waals surface area contributed by atoms with Gasteiger partial charge in [0.25, 0.3) is 0 Å². The number of para-hydroxylation sites is 1. The fraction of sp³-hybridized carbons (Fsp3) is 0.167. The molecule has 0 aliphatic heterocycles. The van der Waals surface area contributed by atoms with Crippen LogP contribution in [-0.2, 0) is 4.74 Å². The highest BCUT2D eigenvalue weighted by Gasteiger charge is 2.12. The van der Waals surface area contributed by atoms with E-state index in [1.165, 1.54) is 25.3 Å². The molecule has 6 heteroatoms. The highest BCUT2D eigenvalue weighted by molar-refractivity contribution is 6.34. The van der Waals surface area contributed by atoms with Crippen molar-refractivity contribution in [3.05, 3.63) is 63.5 Å². The zero-order valence-electron chi connectivity index (χ0n) is 12.8. The van der Waals surface area contributed by atoms with Crippen molar-refractivity contribution >= 4 is 22.6 Å². The van der Waals surface area contributed by atoms with Crippen LogP contribution in [0.2, 0.25) is 5.02 Å². The van der Waals surface area contributed by atoms with Crippen molar-refractivity contribution in [2.24, 2.45) is 0 Å². The summed E-state index contributed by atoms with van der Waals surface area (Å²) < 4.78 is 30.0. The molecule has 0 spiro atoms. The highest BCUT2D eigenvalue weighted by Crippen LogP contribution is 2.29. The van der Waals surface area contributed by atoms with Crippen molar-refractivity contribution in [1.29, 1.82) is 0 Å². The molecular weight excluding hydrogens is 335 g/mol. The molecule has 0 radical (unpaired) electrons. The van der Waals surface area contributed by atoms with Crippen LogP contribution < -0.4 is 10.2 Å². The van der Waals surface area contributed by atoms with Crippen LogP contribution in [0, 0.1) is 5.82 Å². The maximum absolute atomic E-state index is 14.1. The first kappa shape index (κ1) is 16.5. The van der Waals surface area contributed by atoms with Gasteiger partial charge in [-0.15, -0.1) is 0 Å². The lowest BCUT2D eigenvalue weighted by Gasteiger charge is -2.09. The van der Waals surface area contributed by atoms with Crippen molar-refractivity contribution in [3.63, 3.8) is 0 Å². The van der Waals surface area contributed by atoms with Crippen LogP contribution >= 0.6 is 11.6 Å². The van der Waals surface area contributed by atoms with E-state index in [0.29, 0.717) is 22.6 Å². The van der Waals surface area contributed by atoms with Gasteiger partial charge in [-0.05, 0) is 30.3 Å². The zero-order valence-corrected chi connectivity index (χ0v) is 13.6. The minimum atomic E-state index is -0.550. The number of ether oxygens (including phenoxy) is 2. The molecule has 24 heavy (non-hydrogen) atoms. The van der Waals surface area contributed by atoms with Gasteiger partial charge in [0, 0.05) is 18.7 Å². The lowest BCUT2D eigenvalue weighted by molar-refractivity contribution is 0.144. The molecule has 0 saturated carbocycles. The minimum absolute atomic E-state index is 0.108. The number of hydrogen-bond acceptors (Lipinski definition) is 4.